The van der Waals surface area contributed by atoms with Crippen LogP contribution in [0.5, 0.6) is 0 Å². The monoisotopic (exact) mass is 281 g/mol. The summed E-state index contributed by atoms with van der Waals surface area (Å²) in [6.07, 6.45) is -5.06. The smallest absolute Gasteiger partial charge is 0.355 e. The molecule has 0 atom stereocenters. The molecule has 0 amide bonds. The molecular weight excluding hydrogens is 266 g/mol. The minimum Gasteiger partial charge on any atom is -0.355 e. The van der Waals surface area contributed by atoms with E-state index in [2.05, 4.69) is 5.32 Å². The number of hydrogen-bond acceptors (Lipinski definition) is 3. The van der Waals surface area contributed by atoms with E-state index in [4.69, 9.17) is 9.47 Å². The van der Waals surface area contributed by atoms with E-state index in [0.717, 1.165) is 12.1 Å². The van der Waals surface area contributed by atoms with Crippen molar-refractivity contribution in [1.29, 1.82) is 0 Å². The predicted molar refractivity (Wildman–Crippen MR) is 60.9 cm³/mol. The van der Waals surface area contributed by atoms with E-state index < -0.39 is 23.8 Å². The van der Waals surface area contributed by atoms with Gasteiger partial charge in [-0.15, -0.1) is 0 Å². The lowest BCUT2D eigenvalue weighted by Gasteiger charge is -2.14. The van der Waals surface area contributed by atoms with Crippen LogP contribution in [-0.2, 0) is 22.2 Å². The molecule has 0 aliphatic heterocycles. The Kier molecular flexibility index (Phi) is 5.71. The van der Waals surface area contributed by atoms with Gasteiger partial charge in [-0.25, -0.2) is 4.39 Å². The third-order valence-corrected chi connectivity index (χ3v) is 2.45. The third-order valence-electron chi connectivity index (χ3n) is 2.45. The number of alkyl halides is 3. The molecule has 0 heterocycles. The summed E-state index contributed by atoms with van der Waals surface area (Å²) in [6, 6.07) is 2.43. The van der Waals surface area contributed by atoms with E-state index in [-0.39, 0.29) is 18.7 Å². The molecule has 0 spiro atoms. The van der Waals surface area contributed by atoms with Crippen molar-refractivity contribution in [2.75, 3.05) is 20.8 Å². The average Bonchev–Trinajstić information content (AvgIpc) is 2.33. The van der Waals surface area contributed by atoms with Gasteiger partial charge in [-0.2, -0.15) is 13.2 Å². The Morgan fingerprint density at radius 3 is 2.32 bits per heavy atom. The highest BCUT2D eigenvalue weighted by Gasteiger charge is 2.31. The molecule has 1 N–H and O–H groups in total. The summed E-state index contributed by atoms with van der Waals surface area (Å²) < 4.78 is 60.3. The zero-order chi connectivity index (χ0) is 14.5. The van der Waals surface area contributed by atoms with Gasteiger partial charge in [0.2, 0.25) is 0 Å². The lowest BCUT2D eigenvalue weighted by molar-refractivity contribution is -0.137. The molecule has 0 saturated carbocycles. The maximum Gasteiger partial charge on any atom is 0.416 e. The average molecular weight is 281 g/mol. The van der Waals surface area contributed by atoms with E-state index in [1.807, 2.05) is 0 Å². The molecule has 7 heteroatoms. The van der Waals surface area contributed by atoms with Crippen molar-refractivity contribution < 1.29 is 27.0 Å². The first-order chi connectivity index (χ1) is 8.86. The van der Waals surface area contributed by atoms with Gasteiger partial charge in [-0.3, -0.25) is 0 Å². The normalized spacial score (nSPS) is 12.2. The third kappa shape index (κ3) is 5.14. The molecular formula is C12H15F4NO2. The molecule has 19 heavy (non-hydrogen) atoms. The van der Waals surface area contributed by atoms with E-state index >= 15 is 0 Å². The van der Waals surface area contributed by atoms with Crippen LogP contribution in [-0.4, -0.2) is 27.1 Å². The second-order valence-electron chi connectivity index (χ2n) is 3.88. The van der Waals surface area contributed by atoms with Crippen LogP contribution >= 0.6 is 0 Å². The fourth-order valence-corrected chi connectivity index (χ4v) is 1.51. The lowest BCUT2D eigenvalue weighted by atomic mass is 10.1. The first-order valence-corrected chi connectivity index (χ1v) is 5.49. The highest BCUT2D eigenvalue weighted by Crippen LogP contribution is 2.30. The standard InChI is InChI=1S/C12H15F4NO2/c1-18-11(19-2)7-17-6-8-3-9(12(14,15)16)5-10(13)4-8/h3-5,11,17H,6-7H2,1-2H3. The molecule has 0 saturated heterocycles. The van der Waals surface area contributed by atoms with Gasteiger partial charge in [0, 0.05) is 27.3 Å². The molecule has 0 fully saturated rings. The molecule has 0 radical (unpaired) electrons. The Labute approximate surface area is 108 Å². The van der Waals surface area contributed by atoms with Crippen molar-refractivity contribution in [2.45, 2.75) is 19.0 Å². The summed E-state index contributed by atoms with van der Waals surface area (Å²) in [6.45, 7) is 0.370. The fourth-order valence-electron chi connectivity index (χ4n) is 1.51. The lowest BCUT2D eigenvalue weighted by Crippen LogP contribution is -2.29. The Morgan fingerprint density at radius 2 is 1.79 bits per heavy atom. The van der Waals surface area contributed by atoms with Gasteiger partial charge in [0.1, 0.15) is 5.82 Å². The topological polar surface area (TPSA) is 30.5 Å². The highest BCUT2D eigenvalue weighted by molar-refractivity contribution is 5.26. The van der Waals surface area contributed by atoms with E-state index in [1.54, 1.807) is 0 Å². The zero-order valence-corrected chi connectivity index (χ0v) is 10.6. The Balaban J connectivity index is 2.66. The number of hydrogen-bond donors (Lipinski definition) is 1. The Hall–Kier alpha value is -1.18. The van der Waals surface area contributed by atoms with Gasteiger partial charge in [-0.1, -0.05) is 0 Å². The number of halogens is 4. The van der Waals surface area contributed by atoms with Crippen LogP contribution in [0.4, 0.5) is 17.6 Å². The summed E-state index contributed by atoms with van der Waals surface area (Å²) >= 11 is 0. The largest absolute Gasteiger partial charge is 0.416 e. The van der Waals surface area contributed by atoms with Gasteiger partial charge in [0.05, 0.1) is 5.56 Å². The molecule has 3 nitrogen and oxygen atoms in total. The SMILES string of the molecule is COC(CNCc1cc(F)cc(C(F)(F)F)c1)OC. The van der Waals surface area contributed by atoms with Crippen molar-refractivity contribution in [3.63, 3.8) is 0 Å². The summed E-state index contributed by atoms with van der Waals surface area (Å²) in [4.78, 5) is 0. The molecule has 0 bridgehead atoms. The summed E-state index contributed by atoms with van der Waals surface area (Å²) in [7, 11) is 2.89. The van der Waals surface area contributed by atoms with Crippen molar-refractivity contribution in [1.82, 2.24) is 5.32 Å². The summed E-state index contributed by atoms with van der Waals surface area (Å²) in [5.74, 6) is -0.915. The zero-order valence-electron chi connectivity index (χ0n) is 10.6. The molecule has 0 unspecified atom stereocenters. The maximum atomic E-state index is 13.1. The van der Waals surface area contributed by atoms with Crippen LogP contribution < -0.4 is 5.32 Å². The Morgan fingerprint density at radius 1 is 1.16 bits per heavy atom. The van der Waals surface area contributed by atoms with Crippen LogP contribution in [0.3, 0.4) is 0 Å². The maximum absolute atomic E-state index is 13.1. The van der Waals surface area contributed by atoms with Crippen molar-refractivity contribution in [3.05, 3.63) is 35.1 Å². The number of ether oxygens (including phenoxy) is 2. The van der Waals surface area contributed by atoms with Crippen LogP contribution in [0.1, 0.15) is 11.1 Å². The summed E-state index contributed by atoms with van der Waals surface area (Å²) in [5, 5.41) is 2.83. The molecule has 1 rings (SSSR count). The van der Waals surface area contributed by atoms with Gasteiger partial charge in [-0.05, 0) is 23.8 Å². The molecule has 108 valence electrons. The highest BCUT2D eigenvalue weighted by atomic mass is 19.4. The van der Waals surface area contributed by atoms with Gasteiger partial charge < -0.3 is 14.8 Å². The quantitative estimate of drug-likeness (QED) is 0.642. The van der Waals surface area contributed by atoms with Gasteiger partial charge in [0.25, 0.3) is 0 Å². The van der Waals surface area contributed by atoms with Crippen LogP contribution in [0.15, 0.2) is 18.2 Å². The second kappa shape index (κ2) is 6.83. The van der Waals surface area contributed by atoms with Gasteiger partial charge >= 0.3 is 6.18 Å². The minimum absolute atomic E-state index is 0.0874. The van der Waals surface area contributed by atoms with Crippen LogP contribution in [0, 0.1) is 5.82 Å². The summed E-state index contributed by atoms with van der Waals surface area (Å²) in [5.41, 5.74) is -0.794. The van der Waals surface area contributed by atoms with Crippen LogP contribution in [0.2, 0.25) is 0 Å². The van der Waals surface area contributed by atoms with Crippen molar-refractivity contribution >= 4 is 0 Å². The fraction of sp³-hybridized carbons (Fsp3) is 0.500. The Bertz CT molecular complexity index is 405. The molecule has 0 aliphatic carbocycles. The molecule has 0 aromatic heterocycles. The molecule has 1 aromatic rings. The van der Waals surface area contributed by atoms with E-state index in [1.165, 1.54) is 14.2 Å². The molecule has 1 aromatic carbocycles. The van der Waals surface area contributed by atoms with Crippen LogP contribution in [0.25, 0.3) is 0 Å². The van der Waals surface area contributed by atoms with E-state index in [0.29, 0.717) is 6.07 Å². The van der Waals surface area contributed by atoms with Gasteiger partial charge in [0.15, 0.2) is 6.29 Å². The number of benzene rings is 1. The van der Waals surface area contributed by atoms with Crippen molar-refractivity contribution in [3.8, 4) is 0 Å². The second-order valence-corrected chi connectivity index (χ2v) is 3.88. The molecule has 0 aliphatic rings. The number of nitrogens with one attached hydrogen (secondary N) is 1. The van der Waals surface area contributed by atoms with E-state index in [9.17, 15) is 17.6 Å². The first kappa shape index (κ1) is 15.9. The van der Waals surface area contributed by atoms with Crippen molar-refractivity contribution in [2.24, 2.45) is 0 Å². The number of rotatable bonds is 6. The predicted octanol–water partition coefficient (Wildman–Crippen LogP) is 2.55. The number of methoxy groups -OCH3 is 2. The minimum atomic E-state index is -4.56. The first-order valence-electron chi connectivity index (χ1n) is 5.49.